The Bertz CT molecular complexity index is 1180. The number of carbonyl (C=O) groups excluding carboxylic acids is 2. The second-order valence-electron chi connectivity index (χ2n) is 7.03. The zero-order valence-corrected chi connectivity index (χ0v) is 20.1. The third-order valence-electron chi connectivity index (χ3n) is 4.82. The molecule has 0 heterocycles. The summed E-state index contributed by atoms with van der Waals surface area (Å²) in [5, 5.41) is 13.4. The Morgan fingerprint density at radius 3 is 2.39 bits per heavy atom. The molecule has 178 valence electrons. The fourth-order valence-corrected chi connectivity index (χ4v) is 4.82. The summed E-state index contributed by atoms with van der Waals surface area (Å²) in [6.45, 7) is 6.88. The number of sulfonamides is 1. The van der Waals surface area contributed by atoms with E-state index in [0.717, 1.165) is 6.07 Å². The second kappa shape index (κ2) is 10.7. The molecule has 0 spiro atoms. The SMILES string of the molecule is CCN(CC)S(=O)(=O)c1cc(C(=O)O[C@H](C)C(=O)Nc2cc([N+](=O)[O-])ccc2Cl)ccc1C. The first-order valence-electron chi connectivity index (χ1n) is 9.98. The van der Waals surface area contributed by atoms with Gasteiger partial charge in [0.2, 0.25) is 10.0 Å². The Labute approximate surface area is 196 Å². The van der Waals surface area contributed by atoms with Gasteiger partial charge >= 0.3 is 5.97 Å². The van der Waals surface area contributed by atoms with E-state index in [0.29, 0.717) is 5.56 Å². The summed E-state index contributed by atoms with van der Waals surface area (Å²) in [4.78, 5) is 35.3. The number of benzene rings is 2. The van der Waals surface area contributed by atoms with Gasteiger partial charge in [-0.05, 0) is 37.6 Å². The van der Waals surface area contributed by atoms with Crippen LogP contribution in [0.25, 0.3) is 0 Å². The van der Waals surface area contributed by atoms with Crippen LogP contribution in [0.3, 0.4) is 0 Å². The van der Waals surface area contributed by atoms with Crippen LogP contribution < -0.4 is 5.32 Å². The maximum Gasteiger partial charge on any atom is 0.338 e. The smallest absolute Gasteiger partial charge is 0.338 e. The van der Waals surface area contributed by atoms with E-state index in [1.165, 1.54) is 41.6 Å². The molecular formula is C21H24ClN3O7S. The molecule has 0 unspecified atom stereocenters. The van der Waals surface area contributed by atoms with Crippen LogP contribution in [0.2, 0.25) is 5.02 Å². The molecule has 0 saturated carbocycles. The monoisotopic (exact) mass is 497 g/mol. The Balaban J connectivity index is 2.21. The predicted octanol–water partition coefficient (Wildman–Crippen LogP) is 3.77. The van der Waals surface area contributed by atoms with Gasteiger partial charge in [0.05, 0.1) is 26.1 Å². The standard InChI is InChI=1S/C21H24ClN3O7S/c1-5-24(6-2)33(30,31)19-11-15(8-7-13(19)3)21(27)32-14(4)20(26)23-18-12-16(25(28)29)9-10-17(18)22/h7-12,14H,5-6H2,1-4H3,(H,23,26)/t14-/m1/s1. The van der Waals surface area contributed by atoms with E-state index in [2.05, 4.69) is 5.32 Å². The first-order chi connectivity index (χ1) is 15.4. The first kappa shape index (κ1) is 26.2. The minimum atomic E-state index is -3.81. The van der Waals surface area contributed by atoms with Crippen LogP contribution in [0.5, 0.6) is 0 Å². The minimum absolute atomic E-state index is 0.0123. The molecule has 1 amide bonds. The molecule has 2 aromatic carbocycles. The number of nitrogens with zero attached hydrogens (tertiary/aromatic N) is 2. The van der Waals surface area contributed by atoms with Gasteiger partial charge in [-0.3, -0.25) is 14.9 Å². The average molecular weight is 498 g/mol. The molecule has 10 nitrogen and oxygen atoms in total. The fraction of sp³-hybridized carbons (Fsp3) is 0.333. The van der Waals surface area contributed by atoms with Crippen LogP contribution in [0.4, 0.5) is 11.4 Å². The summed E-state index contributed by atoms with van der Waals surface area (Å²) >= 11 is 5.97. The highest BCUT2D eigenvalue weighted by Gasteiger charge is 2.26. The molecular weight excluding hydrogens is 474 g/mol. The molecule has 0 aliphatic heterocycles. The number of amides is 1. The third-order valence-corrected chi connectivity index (χ3v) is 7.34. The summed E-state index contributed by atoms with van der Waals surface area (Å²) in [7, 11) is -3.81. The van der Waals surface area contributed by atoms with Gasteiger partial charge in [0, 0.05) is 25.2 Å². The number of anilines is 1. The molecule has 2 aromatic rings. The molecule has 0 saturated heterocycles. The molecule has 0 radical (unpaired) electrons. The van der Waals surface area contributed by atoms with Crippen molar-refractivity contribution in [2.24, 2.45) is 0 Å². The number of rotatable bonds is 9. The zero-order chi connectivity index (χ0) is 24.9. The molecule has 0 aliphatic carbocycles. The van der Waals surface area contributed by atoms with Crippen molar-refractivity contribution in [3.8, 4) is 0 Å². The van der Waals surface area contributed by atoms with Gasteiger partial charge in [0.25, 0.3) is 11.6 Å². The van der Waals surface area contributed by atoms with Crippen LogP contribution in [0.1, 0.15) is 36.7 Å². The molecule has 1 N–H and O–H groups in total. The summed E-state index contributed by atoms with van der Waals surface area (Å²) in [6.07, 6.45) is -1.29. The molecule has 1 atom stereocenters. The van der Waals surface area contributed by atoms with Gasteiger partial charge in [-0.25, -0.2) is 13.2 Å². The lowest BCUT2D eigenvalue weighted by atomic mass is 10.1. The molecule has 0 bridgehead atoms. The topological polar surface area (TPSA) is 136 Å². The number of esters is 1. The number of carbonyl (C=O) groups is 2. The Morgan fingerprint density at radius 2 is 1.82 bits per heavy atom. The van der Waals surface area contributed by atoms with E-state index < -0.39 is 32.9 Å². The molecule has 0 aliphatic rings. The Hall–Kier alpha value is -3.02. The number of ether oxygens (including phenoxy) is 1. The number of nitro groups is 1. The van der Waals surface area contributed by atoms with Crippen LogP contribution >= 0.6 is 11.6 Å². The molecule has 0 aromatic heterocycles. The highest BCUT2D eigenvalue weighted by Crippen LogP contribution is 2.27. The maximum absolute atomic E-state index is 12.9. The molecule has 12 heteroatoms. The number of aryl methyl sites for hydroxylation is 1. The van der Waals surface area contributed by atoms with Gasteiger partial charge in [-0.2, -0.15) is 4.31 Å². The van der Waals surface area contributed by atoms with Crippen molar-refractivity contribution in [3.05, 3.63) is 62.7 Å². The Morgan fingerprint density at radius 1 is 1.18 bits per heavy atom. The zero-order valence-electron chi connectivity index (χ0n) is 18.5. The van der Waals surface area contributed by atoms with Gasteiger partial charge in [-0.1, -0.05) is 31.5 Å². The fourth-order valence-electron chi connectivity index (χ4n) is 2.95. The Kier molecular flexibility index (Phi) is 8.53. The molecule has 33 heavy (non-hydrogen) atoms. The summed E-state index contributed by atoms with van der Waals surface area (Å²) in [5.74, 6) is -1.67. The first-order valence-corrected chi connectivity index (χ1v) is 11.8. The lowest BCUT2D eigenvalue weighted by Crippen LogP contribution is -2.32. The van der Waals surface area contributed by atoms with E-state index in [1.54, 1.807) is 20.8 Å². The summed E-state index contributed by atoms with van der Waals surface area (Å²) < 4.78 is 32.2. The van der Waals surface area contributed by atoms with Gasteiger partial charge in [0.15, 0.2) is 6.10 Å². The van der Waals surface area contributed by atoms with Crippen LogP contribution in [0, 0.1) is 17.0 Å². The largest absolute Gasteiger partial charge is 0.449 e. The average Bonchev–Trinajstić information content (AvgIpc) is 2.75. The number of nitro benzene ring substituents is 1. The number of nitrogens with one attached hydrogen (secondary N) is 1. The van der Waals surface area contributed by atoms with Crippen molar-refractivity contribution in [2.75, 3.05) is 18.4 Å². The van der Waals surface area contributed by atoms with Crippen LogP contribution in [-0.4, -0.2) is 48.7 Å². The number of halogens is 1. The van der Waals surface area contributed by atoms with Crippen molar-refractivity contribution in [2.45, 2.75) is 38.7 Å². The van der Waals surface area contributed by atoms with E-state index in [9.17, 15) is 28.1 Å². The van der Waals surface area contributed by atoms with E-state index in [4.69, 9.17) is 16.3 Å². The second-order valence-corrected chi connectivity index (χ2v) is 9.34. The third kappa shape index (κ3) is 6.06. The minimum Gasteiger partial charge on any atom is -0.449 e. The summed E-state index contributed by atoms with van der Waals surface area (Å²) in [6, 6.07) is 7.63. The van der Waals surface area contributed by atoms with Crippen molar-refractivity contribution in [1.82, 2.24) is 4.31 Å². The lowest BCUT2D eigenvalue weighted by molar-refractivity contribution is -0.384. The van der Waals surface area contributed by atoms with Crippen molar-refractivity contribution in [1.29, 1.82) is 0 Å². The molecule has 2 rings (SSSR count). The number of hydrogen-bond donors (Lipinski definition) is 1. The van der Waals surface area contributed by atoms with Crippen molar-refractivity contribution in [3.63, 3.8) is 0 Å². The lowest BCUT2D eigenvalue weighted by Gasteiger charge is -2.20. The predicted molar refractivity (Wildman–Crippen MR) is 123 cm³/mol. The quantitative estimate of drug-likeness (QED) is 0.316. The van der Waals surface area contributed by atoms with E-state index in [-0.39, 0.29) is 39.9 Å². The van der Waals surface area contributed by atoms with Crippen LogP contribution in [-0.2, 0) is 19.6 Å². The van der Waals surface area contributed by atoms with E-state index in [1.807, 2.05) is 0 Å². The van der Waals surface area contributed by atoms with Crippen molar-refractivity contribution < 1.29 is 27.7 Å². The van der Waals surface area contributed by atoms with Gasteiger partial charge in [0.1, 0.15) is 0 Å². The van der Waals surface area contributed by atoms with Crippen LogP contribution in [0.15, 0.2) is 41.3 Å². The highest BCUT2D eigenvalue weighted by molar-refractivity contribution is 7.89. The molecule has 0 fully saturated rings. The number of hydrogen-bond acceptors (Lipinski definition) is 7. The number of non-ortho nitro benzene ring substituents is 1. The normalized spacial score (nSPS) is 12.3. The maximum atomic E-state index is 12.9. The van der Waals surface area contributed by atoms with Gasteiger partial charge in [-0.15, -0.1) is 0 Å². The highest BCUT2D eigenvalue weighted by atomic mass is 35.5. The van der Waals surface area contributed by atoms with E-state index >= 15 is 0 Å². The van der Waals surface area contributed by atoms with Gasteiger partial charge < -0.3 is 10.1 Å². The van der Waals surface area contributed by atoms with Crippen molar-refractivity contribution >= 4 is 44.9 Å². The summed E-state index contributed by atoms with van der Waals surface area (Å²) in [5.41, 5.74) is 0.131.